The molecule has 0 aromatic heterocycles. The molecule has 1 aromatic rings. The number of nitrogens with one attached hydrogen (secondary N) is 1. The van der Waals surface area contributed by atoms with Gasteiger partial charge in [-0.05, 0) is 37.3 Å². The third-order valence-electron chi connectivity index (χ3n) is 3.41. The normalized spacial score (nSPS) is 24.3. The van der Waals surface area contributed by atoms with Crippen LogP contribution in [0.5, 0.6) is 0 Å². The summed E-state index contributed by atoms with van der Waals surface area (Å²) in [5.74, 6) is -0.392. The van der Waals surface area contributed by atoms with E-state index in [-0.39, 0.29) is 4.90 Å². The molecule has 1 N–H and O–H groups in total. The lowest BCUT2D eigenvalue weighted by Gasteiger charge is -2.25. The minimum absolute atomic E-state index is 0.277. The van der Waals surface area contributed by atoms with E-state index in [2.05, 4.69) is 20.7 Å². The van der Waals surface area contributed by atoms with Crippen LogP contribution in [-0.2, 0) is 10.0 Å². The van der Waals surface area contributed by atoms with Crippen molar-refractivity contribution in [3.8, 4) is 0 Å². The number of alkyl halides is 1. The van der Waals surface area contributed by atoms with Crippen molar-refractivity contribution in [2.24, 2.45) is 5.92 Å². The second-order valence-electron chi connectivity index (χ2n) is 4.91. The molecule has 1 fully saturated rings. The van der Waals surface area contributed by atoms with E-state index in [9.17, 15) is 12.8 Å². The Morgan fingerprint density at radius 1 is 1.32 bits per heavy atom. The highest BCUT2D eigenvalue weighted by atomic mass is 79.9. The van der Waals surface area contributed by atoms with Gasteiger partial charge in [-0.1, -0.05) is 34.5 Å². The molecule has 0 amide bonds. The van der Waals surface area contributed by atoms with Crippen molar-refractivity contribution < 1.29 is 12.8 Å². The lowest BCUT2D eigenvalue weighted by atomic mass is 9.89. The van der Waals surface area contributed by atoms with Gasteiger partial charge in [0.15, 0.2) is 0 Å². The van der Waals surface area contributed by atoms with Crippen LogP contribution in [0, 0.1) is 11.7 Å². The van der Waals surface area contributed by atoms with Crippen molar-refractivity contribution in [3.63, 3.8) is 0 Å². The number of rotatable bonds is 4. The Hall–Kier alpha value is -0.460. The molecule has 1 aliphatic carbocycles. The summed E-state index contributed by atoms with van der Waals surface area (Å²) in [6, 6.07) is 5.44. The fraction of sp³-hybridized carbons (Fsp3) is 0.538. The summed E-state index contributed by atoms with van der Waals surface area (Å²) in [7, 11) is -3.75. The van der Waals surface area contributed by atoms with Crippen LogP contribution in [0.4, 0.5) is 4.39 Å². The molecular formula is C13H17BrFNO2S. The van der Waals surface area contributed by atoms with Crippen molar-refractivity contribution in [3.05, 3.63) is 30.1 Å². The van der Waals surface area contributed by atoms with Gasteiger partial charge in [-0.2, -0.15) is 0 Å². The standard InChI is InChI=1S/C13H17BrFNO2S/c14-11-5-3-4-10(8-11)9-16-19(17,18)13-7-2-1-6-12(13)15/h1-2,6-7,10-11,16H,3-5,8-9H2. The molecule has 1 aliphatic rings. The first-order valence-electron chi connectivity index (χ1n) is 6.37. The van der Waals surface area contributed by atoms with Crippen LogP contribution in [0.15, 0.2) is 29.2 Å². The van der Waals surface area contributed by atoms with E-state index in [0.717, 1.165) is 31.7 Å². The topological polar surface area (TPSA) is 46.2 Å². The molecule has 0 bridgehead atoms. The molecule has 2 rings (SSSR count). The van der Waals surface area contributed by atoms with E-state index in [0.29, 0.717) is 17.3 Å². The third-order valence-corrected chi connectivity index (χ3v) is 5.70. The predicted molar refractivity (Wildman–Crippen MR) is 76.3 cm³/mol. The lowest BCUT2D eigenvalue weighted by molar-refractivity contribution is 0.367. The monoisotopic (exact) mass is 349 g/mol. The van der Waals surface area contributed by atoms with Gasteiger partial charge in [0.05, 0.1) is 0 Å². The van der Waals surface area contributed by atoms with E-state index in [4.69, 9.17) is 0 Å². The zero-order valence-electron chi connectivity index (χ0n) is 10.5. The van der Waals surface area contributed by atoms with Crippen molar-refractivity contribution in [2.75, 3.05) is 6.54 Å². The first-order chi connectivity index (χ1) is 8.99. The summed E-state index contributed by atoms with van der Waals surface area (Å²) >= 11 is 3.57. The molecule has 6 heteroatoms. The van der Waals surface area contributed by atoms with Gasteiger partial charge in [-0.25, -0.2) is 17.5 Å². The number of benzene rings is 1. The zero-order valence-corrected chi connectivity index (χ0v) is 12.9. The Balaban J connectivity index is 2.00. The molecule has 2 unspecified atom stereocenters. The van der Waals surface area contributed by atoms with E-state index < -0.39 is 15.8 Å². The molecule has 0 aliphatic heterocycles. The summed E-state index contributed by atoms with van der Waals surface area (Å²) < 4.78 is 40.0. The molecule has 2 atom stereocenters. The van der Waals surface area contributed by atoms with Gasteiger partial charge in [0.2, 0.25) is 10.0 Å². The second kappa shape index (κ2) is 6.33. The minimum Gasteiger partial charge on any atom is -0.211 e. The van der Waals surface area contributed by atoms with Gasteiger partial charge < -0.3 is 0 Å². The highest BCUT2D eigenvalue weighted by Gasteiger charge is 2.23. The first-order valence-corrected chi connectivity index (χ1v) is 8.77. The van der Waals surface area contributed by atoms with Gasteiger partial charge in [-0.3, -0.25) is 0 Å². The van der Waals surface area contributed by atoms with Crippen LogP contribution in [0.1, 0.15) is 25.7 Å². The SMILES string of the molecule is O=S(=O)(NCC1CCCC(Br)C1)c1ccccc1F. The van der Waals surface area contributed by atoms with E-state index in [1.54, 1.807) is 0 Å². The van der Waals surface area contributed by atoms with Crippen LogP contribution in [-0.4, -0.2) is 19.8 Å². The van der Waals surface area contributed by atoms with E-state index >= 15 is 0 Å². The maximum Gasteiger partial charge on any atom is 0.243 e. The van der Waals surface area contributed by atoms with Gasteiger partial charge in [-0.15, -0.1) is 0 Å². The molecule has 0 saturated heterocycles. The lowest BCUT2D eigenvalue weighted by Crippen LogP contribution is -2.32. The van der Waals surface area contributed by atoms with Gasteiger partial charge in [0, 0.05) is 11.4 Å². The van der Waals surface area contributed by atoms with Crippen LogP contribution in [0.2, 0.25) is 0 Å². The quantitative estimate of drug-likeness (QED) is 0.849. The number of sulfonamides is 1. The predicted octanol–water partition coefficient (Wildman–Crippen LogP) is 3.06. The van der Waals surface area contributed by atoms with Gasteiger partial charge in [0.1, 0.15) is 10.7 Å². The molecule has 0 radical (unpaired) electrons. The Bertz CT molecular complexity index is 535. The van der Waals surface area contributed by atoms with Crippen molar-refractivity contribution >= 4 is 26.0 Å². The molecular weight excluding hydrogens is 333 g/mol. The van der Waals surface area contributed by atoms with Crippen LogP contribution in [0.25, 0.3) is 0 Å². The number of hydrogen-bond acceptors (Lipinski definition) is 2. The van der Waals surface area contributed by atoms with Crippen molar-refractivity contribution in [1.29, 1.82) is 0 Å². The second-order valence-corrected chi connectivity index (χ2v) is 7.94. The molecule has 1 aromatic carbocycles. The summed E-state index contributed by atoms with van der Waals surface area (Å²) in [5.41, 5.74) is 0. The molecule has 1 saturated carbocycles. The minimum atomic E-state index is -3.75. The maximum atomic E-state index is 13.5. The Morgan fingerprint density at radius 3 is 2.74 bits per heavy atom. The van der Waals surface area contributed by atoms with Crippen LogP contribution in [0.3, 0.4) is 0 Å². The molecule has 3 nitrogen and oxygen atoms in total. The van der Waals surface area contributed by atoms with Crippen molar-refractivity contribution in [1.82, 2.24) is 4.72 Å². The first kappa shape index (κ1) is 14.9. The molecule has 0 spiro atoms. The summed E-state index contributed by atoms with van der Waals surface area (Å²) in [4.78, 5) is 0.186. The molecule has 0 heterocycles. The Labute approximate surface area is 121 Å². The smallest absolute Gasteiger partial charge is 0.211 e. The summed E-state index contributed by atoms with van der Waals surface area (Å²) in [6.07, 6.45) is 4.21. The largest absolute Gasteiger partial charge is 0.243 e. The fourth-order valence-corrected chi connectivity index (χ4v) is 4.42. The average Bonchev–Trinajstić information content (AvgIpc) is 2.37. The fourth-order valence-electron chi connectivity index (χ4n) is 2.38. The Kier molecular flexibility index (Phi) is 4.97. The van der Waals surface area contributed by atoms with Gasteiger partial charge in [0.25, 0.3) is 0 Å². The summed E-state index contributed by atoms with van der Waals surface area (Å²) in [6.45, 7) is 0.374. The third kappa shape index (κ3) is 4.00. The van der Waals surface area contributed by atoms with Gasteiger partial charge >= 0.3 is 0 Å². The average molecular weight is 350 g/mol. The number of halogens is 2. The van der Waals surface area contributed by atoms with E-state index in [1.165, 1.54) is 18.2 Å². The molecule has 106 valence electrons. The van der Waals surface area contributed by atoms with Crippen LogP contribution >= 0.6 is 15.9 Å². The summed E-state index contributed by atoms with van der Waals surface area (Å²) in [5, 5.41) is 0. The Morgan fingerprint density at radius 2 is 2.05 bits per heavy atom. The van der Waals surface area contributed by atoms with Crippen LogP contribution < -0.4 is 4.72 Å². The highest BCUT2D eigenvalue weighted by Crippen LogP contribution is 2.28. The van der Waals surface area contributed by atoms with Crippen molar-refractivity contribution in [2.45, 2.75) is 35.4 Å². The highest BCUT2D eigenvalue weighted by molar-refractivity contribution is 9.09. The maximum absolute atomic E-state index is 13.5. The molecule has 19 heavy (non-hydrogen) atoms. The van der Waals surface area contributed by atoms with E-state index in [1.807, 2.05) is 0 Å². The number of hydrogen-bond donors (Lipinski definition) is 1. The zero-order chi connectivity index (χ0) is 13.9.